The molecular weight excluding hydrogens is 308 g/mol. The van der Waals surface area contributed by atoms with Gasteiger partial charge in [0.15, 0.2) is 11.5 Å². The Morgan fingerprint density at radius 1 is 1.21 bits per heavy atom. The molecule has 0 aliphatic carbocycles. The summed E-state index contributed by atoms with van der Waals surface area (Å²) < 4.78 is 10.7. The maximum absolute atomic E-state index is 12.3. The van der Waals surface area contributed by atoms with Gasteiger partial charge in [0, 0.05) is 31.5 Å². The highest BCUT2D eigenvalue weighted by Crippen LogP contribution is 2.31. The van der Waals surface area contributed by atoms with Crippen LogP contribution in [0.5, 0.6) is 0 Å². The van der Waals surface area contributed by atoms with E-state index in [0.29, 0.717) is 43.0 Å². The largest absolute Gasteiger partial charge is 0.451 e. The Morgan fingerprint density at radius 3 is 2.58 bits per heavy atom. The second kappa shape index (κ2) is 6.49. The maximum Gasteiger partial charge on any atom is 0.246 e. The molecule has 2 heterocycles. The number of anilines is 1. The van der Waals surface area contributed by atoms with Crippen LogP contribution in [0.15, 0.2) is 28.7 Å². The van der Waals surface area contributed by atoms with Gasteiger partial charge in [0.25, 0.3) is 0 Å². The average molecular weight is 328 g/mol. The summed E-state index contributed by atoms with van der Waals surface area (Å²) in [4.78, 5) is 25.6. The van der Waals surface area contributed by atoms with Gasteiger partial charge in [0.05, 0.1) is 18.9 Å². The minimum atomic E-state index is -0.208. The van der Waals surface area contributed by atoms with Crippen molar-refractivity contribution in [1.29, 1.82) is 0 Å². The number of nitrogens with two attached hydrogens (primary N) is 1. The molecule has 1 saturated heterocycles. The van der Waals surface area contributed by atoms with Crippen molar-refractivity contribution < 1.29 is 18.7 Å². The number of morpholine rings is 1. The summed E-state index contributed by atoms with van der Waals surface area (Å²) in [6.07, 6.45) is 1.62. The molecule has 1 aromatic carbocycles. The van der Waals surface area contributed by atoms with Gasteiger partial charge in [0.1, 0.15) is 5.58 Å². The lowest BCUT2D eigenvalue weighted by Gasteiger charge is -2.25. The lowest BCUT2D eigenvalue weighted by Crippen LogP contribution is -2.39. The van der Waals surface area contributed by atoms with Crippen molar-refractivity contribution in [3.63, 3.8) is 0 Å². The number of allylic oxidation sites excluding steroid dienone is 1. The molecule has 2 aromatic rings. The molecule has 6 heteroatoms. The molecule has 3 rings (SSSR count). The number of nitrogens with zero attached hydrogens (tertiary/aromatic N) is 1. The smallest absolute Gasteiger partial charge is 0.246 e. The van der Waals surface area contributed by atoms with Gasteiger partial charge in [-0.1, -0.05) is 6.07 Å². The van der Waals surface area contributed by atoms with Crippen LogP contribution in [0.3, 0.4) is 0 Å². The zero-order valence-corrected chi connectivity index (χ0v) is 13.8. The van der Waals surface area contributed by atoms with E-state index in [9.17, 15) is 9.59 Å². The van der Waals surface area contributed by atoms with Crippen LogP contribution in [0.25, 0.3) is 16.5 Å². The van der Waals surface area contributed by atoms with E-state index in [-0.39, 0.29) is 17.5 Å². The molecule has 24 heavy (non-hydrogen) atoms. The van der Waals surface area contributed by atoms with E-state index >= 15 is 0 Å². The summed E-state index contributed by atoms with van der Waals surface area (Å²) in [5.41, 5.74) is 8.61. The normalized spacial score (nSPS) is 15.8. The van der Waals surface area contributed by atoms with E-state index in [0.717, 1.165) is 11.1 Å². The van der Waals surface area contributed by atoms with E-state index in [2.05, 4.69) is 0 Å². The van der Waals surface area contributed by atoms with Crippen LogP contribution in [0.1, 0.15) is 30.0 Å². The molecule has 0 radical (unpaired) electrons. The first kappa shape index (κ1) is 16.3. The fourth-order valence-corrected chi connectivity index (χ4v) is 2.77. The molecule has 1 aliphatic rings. The van der Waals surface area contributed by atoms with Crippen LogP contribution in [0, 0.1) is 0 Å². The van der Waals surface area contributed by atoms with Crippen molar-refractivity contribution in [2.45, 2.75) is 13.8 Å². The number of amides is 1. The minimum Gasteiger partial charge on any atom is -0.451 e. The quantitative estimate of drug-likeness (QED) is 0.691. The van der Waals surface area contributed by atoms with Crippen LogP contribution in [-0.4, -0.2) is 42.9 Å². The summed E-state index contributed by atoms with van der Waals surface area (Å²) in [6.45, 7) is 5.66. The average Bonchev–Trinajstić information content (AvgIpc) is 2.92. The summed E-state index contributed by atoms with van der Waals surface area (Å²) in [5, 5.41) is 0.685. The van der Waals surface area contributed by atoms with Gasteiger partial charge in [-0.05, 0) is 30.2 Å². The molecule has 2 N–H and O–H groups in total. The van der Waals surface area contributed by atoms with Gasteiger partial charge in [0.2, 0.25) is 5.91 Å². The van der Waals surface area contributed by atoms with Crippen molar-refractivity contribution in [3.8, 4) is 0 Å². The lowest BCUT2D eigenvalue weighted by molar-refractivity contribution is -0.129. The molecule has 0 bridgehead atoms. The van der Waals surface area contributed by atoms with E-state index in [1.807, 2.05) is 19.1 Å². The van der Waals surface area contributed by atoms with Gasteiger partial charge in [-0.25, -0.2) is 0 Å². The highest BCUT2D eigenvalue weighted by Gasteiger charge is 2.17. The summed E-state index contributed by atoms with van der Waals surface area (Å²) in [6, 6.07) is 5.47. The third kappa shape index (κ3) is 3.05. The van der Waals surface area contributed by atoms with Crippen LogP contribution < -0.4 is 5.73 Å². The van der Waals surface area contributed by atoms with E-state index in [1.54, 1.807) is 17.0 Å². The predicted molar refractivity (Wildman–Crippen MR) is 91.7 cm³/mol. The molecule has 1 amide bonds. The number of carbonyl (C=O) groups is 2. The zero-order chi connectivity index (χ0) is 17.3. The number of rotatable bonds is 3. The van der Waals surface area contributed by atoms with Gasteiger partial charge >= 0.3 is 0 Å². The fraction of sp³-hybridized carbons (Fsp3) is 0.333. The first-order valence-corrected chi connectivity index (χ1v) is 7.85. The number of ketones is 1. The molecule has 0 unspecified atom stereocenters. The van der Waals surface area contributed by atoms with Crippen molar-refractivity contribution in [2.75, 3.05) is 32.0 Å². The number of Topliss-reactive ketones (excluding diaryl/α,β-unsaturated/α-hetero) is 1. The molecule has 0 saturated carbocycles. The highest BCUT2D eigenvalue weighted by molar-refractivity contribution is 6.06. The molecule has 1 fully saturated rings. The number of carbonyl (C=O) groups excluding carboxylic acids is 2. The van der Waals surface area contributed by atoms with Crippen molar-refractivity contribution in [3.05, 3.63) is 35.6 Å². The molecule has 0 atom stereocenters. The number of fused-ring (bicyclic) bond motifs is 1. The number of nitrogen functional groups attached to an aromatic ring is 1. The van der Waals surface area contributed by atoms with Gasteiger partial charge < -0.3 is 19.8 Å². The molecule has 1 aromatic heterocycles. The fourth-order valence-electron chi connectivity index (χ4n) is 2.77. The maximum atomic E-state index is 12.3. The third-order valence-corrected chi connectivity index (χ3v) is 4.16. The Kier molecular flexibility index (Phi) is 4.40. The van der Waals surface area contributed by atoms with E-state index in [4.69, 9.17) is 14.9 Å². The second-order valence-electron chi connectivity index (χ2n) is 5.88. The third-order valence-electron chi connectivity index (χ3n) is 4.16. The van der Waals surface area contributed by atoms with Crippen LogP contribution in [0.4, 0.5) is 5.69 Å². The molecule has 0 spiro atoms. The first-order valence-electron chi connectivity index (χ1n) is 7.85. The number of furan rings is 1. The Hall–Kier alpha value is -2.60. The van der Waals surface area contributed by atoms with Crippen molar-refractivity contribution in [1.82, 2.24) is 4.90 Å². The summed E-state index contributed by atoms with van der Waals surface area (Å²) in [7, 11) is 0. The van der Waals surface area contributed by atoms with Gasteiger partial charge in [-0.3, -0.25) is 9.59 Å². The minimum absolute atomic E-state index is 0.0273. The van der Waals surface area contributed by atoms with Gasteiger partial charge in [-0.2, -0.15) is 0 Å². The summed E-state index contributed by atoms with van der Waals surface area (Å²) >= 11 is 0. The number of hydrogen-bond donors (Lipinski definition) is 1. The molecule has 126 valence electrons. The second-order valence-corrected chi connectivity index (χ2v) is 5.88. The highest BCUT2D eigenvalue weighted by atomic mass is 16.5. The first-order chi connectivity index (χ1) is 11.5. The Morgan fingerprint density at radius 2 is 1.92 bits per heavy atom. The van der Waals surface area contributed by atoms with Crippen LogP contribution in [0.2, 0.25) is 0 Å². The van der Waals surface area contributed by atoms with E-state index < -0.39 is 0 Å². The molecule has 6 nitrogen and oxygen atoms in total. The van der Waals surface area contributed by atoms with Gasteiger partial charge in [-0.15, -0.1) is 0 Å². The summed E-state index contributed by atoms with van der Waals surface area (Å²) in [5.74, 6) is -0.0614. The molecule has 1 aliphatic heterocycles. The standard InChI is InChI=1S/C18H20N2O4/c1-11(9-16(22)20-5-7-23-8-6-20)13-3-4-15-14(10-13)17(19)18(24-15)12(2)21/h3-4,9-10H,5-8,19H2,1-2H3. The predicted octanol–water partition coefficient (Wildman–Crippen LogP) is 2.48. The number of ether oxygens (including phenoxy) is 1. The van der Waals surface area contributed by atoms with Crippen molar-refractivity contribution >= 4 is 33.9 Å². The van der Waals surface area contributed by atoms with Crippen LogP contribution >= 0.6 is 0 Å². The zero-order valence-electron chi connectivity index (χ0n) is 13.8. The monoisotopic (exact) mass is 328 g/mol. The van der Waals surface area contributed by atoms with E-state index in [1.165, 1.54) is 6.92 Å². The Bertz CT molecular complexity index is 829. The Labute approximate surface area is 139 Å². The number of hydrogen-bond acceptors (Lipinski definition) is 5. The number of benzene rings is 1. The SMILES string of the molecule is CC(=O)c1oc2ccc(C(C)=CC(=O)N3CCOCC3)cc2c1N. The Balaban J connectivity index is 1.90. The van der Waals surface area contributed by atoms with Crippen molar-refractivity contribution in [2.24, 2.45) is 0 Å². The lowest BCUT2D eigenvalue weighted by atomic mass is 10.0. The van der Waals surface area contributed by atoms with Crippen LogP contribution in [-0.2, 0) is 9.53 Å². The topological polar surface area (TPSA) is 85.8 Å². The molecular formula is C18H20N2O4.